The van der Waals surface area contributed by atoms with Crippen LogP contribution in [0.3, 0.4) is 0 Å². The molecule has 0 aromatic carbocycles. The molecular formula is C7H11N5O3S. The number of hydrogen-bond donors (Lipinski definition) is 3. The predicted octanol–water partition coefficient (Wildman–Crippen LogP) is 0.164. The number of nitrogens with zero attached hydrogens (tertiary/aromatic N) is 3. The topological polar surface area (TPSA) is 117 Å². The largest absolute Gasteiger partial charge is 0.480 e. The lowest BCUT2D eigenvalue weighted by Crippen LogP contribution is -2.46. The Balaban J connectivity index is 2.52. The maximum atomic E-state index is 11.4. The Morgan fingerprint density at radius 3 is 2.56 bits per heavy atom. The van der Waals surface area contributed by atoms with Crippen LogP contribution in [0.25, 0.3) is 0 Å². The van der Waals surface area contributed by atoms with Crippen LogP contribution >= 0.6 is 11.5 Å². The van der Waals surface area contributed by atoms with Crippen molar-refractivity contribution in [2.45, 2.75) is 19.9 Å². The van der Waals surface area contributed by atoms with Gasteiger partial charge < -0.3 is 10.4 Å². The number of aliphatic carboxylic acids is 1. The number of urea groups is 1. The maximum absolute atomic E-state index is 11.4. The number of rotatable bonds is 4. The third kappa shape index (κ3) is 3.42. The zero-order valence-corrected chi connectivity index (χ0v) is 9.48. The van der Waals surface area contributed by atoms with Gasteiger partial charge in [0, 0.05) is 11.5 Å². The Morgan fingerprint density at radius 1 is 1.44 bits per heavy atom. The molecular weight excluding hydrogens is 234 g/mol. The van der Waals surface area contributed by atoms with E-state index in [0.29, 0.717) is 0 Å². The molecule has 3 N–H and O–H groups in total. The fraction of sp³-hybridized carbons (Fsp3) is 0.571. The van der Waals surface area contributed by atoms with Gasteiger partial charge in [-0.1, -0.05) is 23.4 Å². The summed E-state index contributed by atoms with van der Waals surface area (Å²) in [5, 5.41) is 20.5. The molecule has 1 aromatic heterocycles. The van der Waals surface area contributed by atoms with Gasteiger partial charge in [0.1, 0.15) is 6.04 Å². The second kappa shape index (κ2) is 5.35. The minimum Gasteiger partial charge on any atom is -0.480 e. The van der Waals surface area contributed by atoms with Gasteiger partial charge in [-0.2, -0.15) is 0 Å². The minimum absolute atomic E-state index is 0.212. The van der Waals surface area contributed by atoms with Gasteiger partial charge in [0.05, 0.1) is 0 Å². The molecule has 1 aromatic rings. The van der Waals surface area contributed by atoms with Crippen LogP contribution in [0.2, 0.25) is 0 Å². The number of nitrogens with one attached hydrogen (secondary N) is 2. The summed E-state index contributed by atoms with van der Waals surface area (Å²) in [5.41, 5.74) is 0. The Hall–Kier alpha value is -1.77. The molecule has 1 rings (SSSR count). The minimum atomic E-state index is -1.08. The SMILES string of the molecule is CC(C)C(NC(=O)Nc1nnns1)C(=O)O. The van der Waals surface area contributed by atoms with Crippen LogP contribution in [0.1, 0.15) is 13.8 Å². The van der Waals surface area contributed by atoms with Gasteiger partial charge in [-0.05, 0) is 11.1 Å². The molecule has 16 heavy (non-hydrogen) atoms. The highest BCUT2D eigenvalue weighted by Gasteiger charge is 2.23. The van der Waals surface area contributed by atoms with Crippen molar-refractivity contribution in [2.75, 3.05) is 5.32 Å². The second-order valence-corrected chi connectivity index (χ2v) is 4.06. The van der Waals surface area contributed by atoms with Gasteiger partial charge in [-0.3, -0.25) is 5.32 Å². The lowest BCUT2D eigenvalue weighted by atomic mass is 10.1. The van der Waals surface area contributed by atoms with E-state index in [1.165, 1.54) is 0 Å². The van der Waals surface area contributed by atoms with Gasteiger partial charge in [-0.15, -0.1) is 0 Å². The number of carboxylic acid groups (broad SMARTS) is 1. The highest BCUT2D eigenvalue weighted by atomic mass is 32.1. The van der Waals surface area contributed by atoms with Crippen LogP contribution < -0.4 is 10.6 Å². The van der Waals surface area contributed by atoms with Gasteiger partial charge in [0.15, 0.2) is 0 Å². The lowest BCUT2D eigenvalue weighted by molar-refractivity contribution is -0.140. The molecule has 0 spiro atoms. The predicted molar refractivity (Wildman–Crippen MR) is 56.1 cm³/mol. The van der Waals surface area contributed by atoms with E-state index in [1.807, 2.05) is 0 Å². The average molecular weight is 245 g/mol. The van der Waals surface area contributed by atoms with Crippen LogP contribution in [-0.2, 0) is 4.79 Å². The molecule has 0 aliphatic carbocycles. The molecule has 0 saturated carbocycles. The van der Waals surface area contributed by atoms with Crippen molar-refractivity contribution in [2.24, 2.45) is 5.92 Å². The first-order valence-electron chi connectivity index (χ1n) is 4.46. The van der Waals surface area contributed by atoms with E-state index < -0.39 is 18.0 Å². The first kappa shape index (κ1) is 12.3. The highest BCUT2D eigenvalue weighted by Crippen LogP contribution is 2.06. The molecule has 0 aliphatic rings. The van der Waals surface area contributed by atoms with Crippen LogP contribution in [0.15, 0.2) is 0 Å². The van der Waals surface area contributed by atoms with Crippen molar-refractivity contribution in [3.8, 4) is 0 Å². The zero-order valence-electron chi connectivity index (χ0n) is 8.67. The first-order chi connectivity index (χ1) is 7.50. The number of amides is 2. The molecule has 1 atom stereocenters. The van der Waals surface area contributed by atoms with Crippen LogP contribution in [0.5, 0.6) is 0 Å². The summed E-state index contributed by atoms with van der Waals surface area (Å²) in [7, 11) is 0. The third-order valence-electron chi connectivity index (χ3n) is 1.74. The Bertz CT molecular complexity index is 366. The van der Waals surface area contributed by atoms with Crippen LogP contribution in [0, 0.1) is 5.92 Å². The van der Waals surface area contributed by atoms with Crippen molar-refractivity contribution < 1.29 is 14.7 Å². The number of aromatic nitrogens is 3. The fourth-order valence-electron chi connectivity index (χ4n) is 0.970. The van der Waals surface area contributed by atoms with E-state index in [1.54, 1.807) is 13.8 Å². The monoisotopic (exact) mass is 245 g/mol. The van der Waals surface area contributed by atoms with Crippen molar-refractivity contribution in [3.63, 3.8) is 0 Å². The Morgan fingerprint density at radius 2 is 2.12 bits per heavy atom. The van der Waals surface area contributed by atoms with Crippen molar-refractivity contribution in [3.05, 3.63) is 0 Å². The molecule has 0 fully saturated rings. The summed E-state index contributed by atoms with van der Waals surface area (Å²) in [6, 6.07) is -1.58. The molecule has 0 aliphatic heterocycles. The van der Waals surface area contributed by atoms with Gasteiger partial charge >= 0.3 is 12.0 Å². The third-order valence-corrected chi connectivity index (χ3v) is 2.25. The van der Waals surface area contributed by atoms with E-state index in [0.717, 1.165) is 11.5 Å². The molecule has 0 radical (unpaired) electrons. The average Bonchev–Trinajstić information content (AvgIpc) is 2.65. The van der Waals surface area contributed by atoms with Gasteiger partial charge in [-0.25, -0.2) is 9.59 Å². The van der Waals surface area contributed by atoms with Gasteiger partial charge in [0.25, 0.3) is 0 Å². The highest BCUT2D eigenvalue weighted by molar-refractivity contribution is 7.09. The molecule has 1 unspecified atom stereocenters. The standard InChI is InChI=1S/C7H11N5O3S/c1-3(2)4(5(13)14)8-6(15)9-7-10-11-12-16-7/h3-4H,1-2H3,(H,13,14)(H2,8,9,10,12,15). The summed E-state index contributed by atoms with van der Waals surface area (Å²) >= 11 is 0.904. The quantitative estimate of drug-likeness (QED) is 0.695. The van der Waals surface area contributed by atoms with E-state index in [9.17, 15) is 9.59 Å². The van der Waals surface area contributed by atoms with Crippen molar-refractivity contribution in [1.82, 2.24) is 20.1 Å². The van der Waals surface area contributed by atoms with Crippen LogP contribution in [0.4, 0.5) is 9.93 Å². The van der Waals surface area contributed by atoms with Crippen molar-refractivity contribution >= 4 is 28.7 Å². The summed E-state index contributed by atoms with van der Waals surface area (Å²) in [5.74, 6) is -1.30. The van der Waals surface area contributed by atoms with E-state index in [2.05, 4.69) is 25.4 Å². The molecule has 9 heteroatoms. The summed E-state index contributed by atoms with van der Waals surface area (Å²) in [6.45, 7) is 3.40. The number of anilines is 1. The molecule has 0 saturated heterocycles. The lowest BCUT2D eigenvalue weighted by Gasteiger charge is -2.17. The van der Waals surface area contributed by atoms with Crippen molar-refractivity contribution in [1.29, 1.82) is 0 Å². The van der Waals surface area contributed by atoms with Crippen LogP contribution in [-0.4, -0.2) is 37.9 Å². The summed E-state index contributed by atoms with van der Waals surface area (Å²) in [4.78, 5) is 22.2. The molecule has 2 amide bonds. The fourth-order valence-corrected chi connectivity index (χ4v) is 1.33. The molecule has 0 bridgehead atoms. The second-order valence-electron chi connectivity index (χ2n) is 3.33. The van der Waals surface area contributed by atoms with E-state index in [4.69, 9.17) is 5.11 Å². The molecule has 1 heterocycles. The summed E-state index contributed by atoms with van der Waals surface area (Å²) < 4.78 is 3.45. The van der Waals surface area contributed by atoms with E-state index in [-0.39, 0.29) is 11.0 Å². The molecule has 88 valence electrons. The smallest absolute Gasteiger partial charge is 0.326 e. The first-order valence-corrected chi connectivity index (χ1v) is 5.23. The number of carbonyl (C=O) groups excluding carboxylic acids is 1. The Labute approximate surface area is 95.2 Å². The normalized spacial score (nSPS) is 12.2. The Kier molecular flexibility index (Phi) is 4.11. The molecule has 8 nitrogen and oxygen atoms in total. The van der Waals surface area contributed by atoms with E-state index >= 15 is 0 Å². The number of carboxylic acids is 1. The maximum Gasteiger partial charge on any atom is 0.326 e. The summed E-state index contributed by atoms with van der Waals surface area (Å²) in [6.07, 6.45) is 0. The van der Waals surface area contributed by atoms with Gasteiger partial charge in [0.2, 0.25) is 5.13 Å². The zero-order chi connectivity index (χ0) is 12.1. The number of hydrogen-bond acceptors (Lipinski definition) is 6. The number of carbonyl (C=O) groups is 2.